The Hall–Kier alpha value is -1.75. The molecule has 0 amide bonds. The number of nitrogens with one attached hydrogen (secondary N) is 2. The smallest absolute Gasteiger partial charge is 0.137 e. The lowest BCUT2D eigenvalue weighted by Crippen LogP contribution is -2.16. The molecule has 5 heteroatoms. The Balaban J connectivity index is 1.65. The van der Waals surface area contributed by atoms with E-state index >= 15 is 0 Å². The van der Waals surface area contributed by atoms with Crippen LogP contribution in [0.3, 0.4) is 0 Å². The summed E-state index contributed by atoms with van der Waals surface area (Å²) in [6, 6.07) is 2.03. The molecule has 0 spiro atoms. The number of H-pyrrole nitrogens is 1. The van der Waals surface area contributed by atoms with E-state index in [1.165, 1.54) is 11.1 Å². The first-order valence-electron chi connectivity index (χ1n) is 5.80. The first-order chi connectivity index (χ1) is 8.36. The Morgan fingerprint density at radius 2 is 2.35 bits per heavy atom. The summed E-state index contributed by atoms with van der Waals surface area (Å²) in [5, 5.41) is 10.1. The molecule has 0 aliphatic rings. The van der Waals surface area contributed by atoms with Crippen molar-refractivity contribution in [3.8, 4) is 0 Å². The van der Waals surface area contributed by atoms with Crippen molar-refractivity contribution in [1.29, 1.82) is 0 Å². The number of aromatic nitrogens is 4. The van der Waals surface area contributed by atoms with Crippen LogP contribution in [0.1, 0.15) is 23.4 Å². The van der Waals surface area contributed by atoms with Gasteiger partial charge in [-0.2, -0.15) is 5.10 Å². The molecule has 0 saturated heterocycles. The van der Waals surface area contributed by atoms with Crippen LogP contribution in [0.2, 0.25) is 0 Å². The quantitative estimate of drug-likeness (QED) is 0.734. The average Bonchev–Trinajstić information content (AvgIpc) is 2.84. The SMILES string of the molecule is Cc1ccncc1CNCCCc1ncn[nH]1. The largest absolute Gasteiger partial charge is 0.313 e. The van der Waals surface area contributed by atoms with E-state index in [4.69, 9.17) is 0 Å². The van der Waals surface area contributed by atoms with Gasteiger partial charge in [-0.05, 0) is 37.1 Å². The van der Waals surface area contributed by atoms with Gasteiger partial charge in [-0.3, -0.25) is 10.1 Å². The van der Waals surface area contributed by atoms with Gasteiger partial charge in [0, 0.05) is 25.4 Å². The molecule has 0 aliphatic carbocycles. The van der Waals surface area contributed by atoms with Gasteiger partial charge < -0.3 is 5.32 Å². The third kappa shape index (κ3) is 3.64. The number of hydrogen-bond donors (Lipinski definition) is 2. The maximum atomic E-state index is 4.12. The van der Waals surface area contributed by atoms with E-state index in [0.29, 0.717) is 0 Å². The third-order valence-corrected chi connectivity index (χ3v) is 2.69. The van der Waals surface area contributed by atoms with Crippen LogP contribution in [0.15, 0.2) is 24.8 Å². The van der Waals surface area contributed by atoms with Gasteiger partial charge in [-0.25, -0.2) is 4.98 Å². The summed E-state index contributed by atoms with van der Waals surface area (Å²) < 4.78 is 0. The standard InChI is InChI=1S/C12H17N5/c1-10-4-6-14-8-11(10)7-13-5-2-3-12-15-9-16-17-12/h4,6,8-9,13H,2-3,5,7H2,1H3,(H,15,16,17). The molecule has 0 unspecified atom stereocenters. The number of pyridine rings is 1. The average molecular weight is 231 g/mol. The zero-order valence-electron chi connectivity index (χ0n) is 9.98. The first-order valence-corrected chi connectivity index (χ1v) is 5.80. The van der Waals surface area contributed by atoms with Crippen LogP contribution in [-0.4, -0.2) is 26.7 Å². The first kappa shape index (κ1) is 11.7. The molecule has 2 N–H and O–H groups in total. The van der Waals surface area contributed by atoms with Crippen LogP contribution >= 0.6 is 0 Å². The Morgan fingerprint density at radius 1 is 1.41 bits per heavy atom. The Labute approximate surface area is 101 Å². The van der Waals surface area contributed by atoms with E-state index in [1.54, 1.807) is 6.33 Å². The van der Waals surface area contributed by atoms with Crippen molar-refractivity contribution < 1.29 is 0 Å². The second-order valence-corrected chi connectivity index (χ2v) is 4.01. The van der Waals surface area contributed by atoms with Gasteiger partial charge in [0.25, 0.3) is 0 Å². The van der Waals surface area contributed by atoms with E-state index in [-0.39, 0.29) is 0 Å². The highest BCUT2D eigenvalue weighted by atomic mass is 15.2. The summed E-state index contributed by atoms with van der Waals surface area (Å²) in [5.41, 5.74) is 2.54. The fraction of sp³-hybridized carbons (Fsp3) is 0.417. The molecule has 2 aromatic heterocycles. The number of nitrogens with zero attached hydrogens (tertiary/aromatic N) is 3. The molecule has 2 aromatic rings. The molecule has 90 valence electrons. The van der Waals surface area contributed by atoms with Crippen LogP contribution in [0.5, 0.6) is 0 Å². The Bertz CT molecular complexity index is 438. The van der Waals surface area contributed by atoms with Crippen LogP contribution in [0.25, 0.3) is 0 Å². The second-order valence-electron chi connectivity index (χ2n) is 4.01. The minimum Gasteiger partial charge on any atom is -0.313 e. The Kier molecular flexibility index (Phi) is 4.21. The summed E-state index contributed by atoms with van der Waals surface area (Å²) in [5.74, 6) is 0.948. The fourth-order valence-corrected chi connectivity index (χ4v) is 1.64. The lowest BCUT2D eigenvalue weighted by Gasteiger charge is -2.06. The molecule has 0 radical (unpaired) electrons. The van der Waals surface area contributed by atoms with Crippen molar-refractivity contribution >= 4 is 0 Å². The van der Waals surface area contributed by atoms with Gasteiger partial charge in [-0.1, -0.05) is 0 Å². The van der Waals surface area contributed by atoms with Crippen molar-refractivity contribution in [1.82, 2.24) is 25.5 Å². The topological polar surface area (TPSA) is 66.5 Å². The summed E-state index contributed by atoms with van der Waals surface area (Å²) in [4.78, 5) is 8.20. The summed E-state index contributed by atoms with van der Waals surface area (Å²) >= 11 is 0. The van der Waals surface area contributed by atoms with E-state index < -0.39 is 0 Å². The summed E-state index contributed by atoms with van der Waals surface area (Å²) in [6.07, 6.45) is 7.26. The van der Waals surface area contributed by atoms with E-state index in [0.717, 1.165) is 31.8 Å². The highest BCUT2D eigenvalue weighted by Crippen LogP contribution is 2.03. The van der Waals surface area contributed by atoms with Crippen molar-refractivity contribution in [3.63, 3.8) is 0 Å². The van der Waals surface area contributed by atoms with Crippen LogP contribution in [0, 0.1) is 6.92 Å². The van der Waals surface area contributed by atoms with Gasteiger partial charge >= 0.3 is 0 Å². The normalized spacial score (nSPS) is 10.6. The highest BCUT2D eigenvalue weighted by molar-refractivity contribution is 5.20. The molecule has 5 nitrogen and oxygen atoms in total. The molecule has 2 rings (SSSR count). The zero-order valence-corrected chi connectivity index (χ0v) is 9.98. The summed E-state index contributed by atoms with van der Waals surface area (Å²) in [6.45, 7) is 3.94. The number of rotatable bonds is 6. The minimum absolute atomic E-state index is 0.871. The molecule has 17 heavy (non-hydrogen) atoms. The summed E-state index contributed by atoms with van der Waals surface area (Å²) in [7, 11) is 0. The molecule has 0 bridgehead atoms. The van der Waals surface area contributed by atoms with Gasteiger partial charge in [0.15, 0.2) is 0 Å². The van der Waals surface area contributed by atoms with Crippen LogP contribution in [0.4, 0.5) is 0 Å². The monoisotopic (exact) mass is 231 g/mol. The predicted molar refractivity (Wildman–Crippen MR) is 65.4 cm³/mol. The number of aryl methyl sites for hydroxylation is 2. The molecule has 0 atom stereocenters. The Morgan fingerprint density at radius 3 is 3.12 bits per heavy atom. The molecular formula is C12H17N5. The van der Waals surface area contributed by atoms with Gasteiger partial charge in [0.05, 0.1) is 0 Å². The molecule has 0 aromatic carbocycles. The predicted octanol–water partition coefficient (Wildman–Crippen LogP) is 1.23. The molecule has 0 aliphatic heterocycles. The second kappa shape index (κ2) is 6.10. The van der Waals surface area contributed by atoms with E-state index in [1.807, 2.05) is 18.5 Å². The van der Waals surface area contributed by atoms with Gasteiger partial charge in [-0.15, -0.1) is 0 Å². The highest BCUT2D eigenvalue weighted by Gasteiger charge is 1.98. The van der Waals surface area contributed by atoms with Crippen molar-refractivity contribution in [3.05, 3.63) is 41.7 Å². The van der Waals surface area contributed by atoms with Crippen molar-refractivity contribution in [2.24, 2.45) is 0 Å². The molecule has 0 fully saturated rings. The third-order valence-electron chi connectivity index (χ3n) is 2.69. The maximum absolute atomic E-state index is 4.12. The van der Waals surface area contributed by atoms with Gasteiger partial charge in [0.1, 0.15) is 12.2 Å². The number of hydrogen-bond acceptors (Lipinski definition) is 4. The van der Waals surface area contributed by atoms with Crippen molar-refractivity contribution in [2.45, 2.75) is 26.3 Å². The molecular weight excluding hydrogens is 214 g/mol. The fourth-order valence-electron chi connectivity index (χ4n) is 1.64. The molecule has 0 saturated carbocycles. The molecule has 2 heterocycles. The zero-order chi connectivity index (χ0) is 11.9. The lowest BCUT2D eigenvalue weighted by atomic mass is 10.1. The minimum atomic E-state index is 0.871. The van der Waals surface area contributed by atoms with Crippen LogP contribution in [-0.2, 0) is 13.0 Å². The van der Waals surface area contributed by atoms with Crippen LogP contribution < -0.4 is 5.32 Å². The van der Waals surface area contributed by atoms with E-state index in [2.05, 4.69) is 32.4 Å². The van der Waals surface area contributed by atoms with Gasteiger partial charge in [0.2, 0.25) is 0 Å². The van der Waals surface area contributed by atoms with E-state index in [9.17, 15) is 0 Å². The van der Waals surface area contributed by atoms with Crippen molar-refractivity contribution in [2.75, 3.05) is 6.54 Å². The number of aromatic amines is 1. The lowest BCUT2D eigenvalue weighted by molar-refractivity contribution is 0.637. The maximum Gasteiger partial charge on any atom is 0.137 e.